The molecule has 0 amide bonds. The molecule has 126 valence electrons. The average molecular weight is 370 g/mol. The van der Waals surface area contributed by atoms with Crippen LogP contribution in [0.25, 0.3) is 11.2 Å². The van der Waals surface area contributed by atoms with Gasteiger partial charge in [0.1, 0.15) is 30.2 Å². The molecule has 1 aliphatic rings. The summed E-state index contributed by atoms with van der Waals surface area (Å²) in [6.07, 6.45) is -2.75. The van der Waals surface area contributed by atoms with E-state index in [2.05, 4.69) is 19.5 Å². The van der Waals surface area contributed by atoms with Gasteiger partial charge in [-0.25, -0.2) is 15.0 Å². The average Bonchev–Trinajstić information content (AvgIpc) is 3.01. The number of ether oxygens (including phenoxy) is 1. The van der Waals surface area contributed by atoms with E-state index in [-0.39, 0.29) is 40.0 Å². The maximum absolute atomic E-state index is 10.5. The van der Waals surface area contributed by atoms with Crippen molar-refractivity contribution >= 4 is 47.9 Å². The molecule has 0 radical (unpaired) electrons. The number of phosphoric acid groups is 1. The van der Waals surface area contributed by atoms with Crippen LogP contribution < -0.4 is 15.5 Å². The second-order valence-corrected chi connectivity index (χ2v) is 6.02. The number of nitrogens with zero attached hydrogens (tertiary/aromatic N) is 4. The zero-order chi connectivity index (χ0) is 16.8. The van der Waals surface area contributed by atoms with Gasteiger partial charge in [0.05, 0.1) is 20.8 Å². The maximum Gasteiger partial charge on any atom is 2.00 e. The molecule has 1 fully saturated rings. The molecule has 0 bridgehead atoms. The van der Waals surface area contributed by atoms with Crippen LogP contribution in [-0.2, 0) is 13.8 Å². The molecule has 12 nitrogen and oxygen atoms in total. The number of fused-ring (bicyclic) bond motifs is 1. The van der Waals surface area contributed by atoms with E-state index in [1.54, 1.807) is 0 Å². The summed E-state index contributed by atoms with van der Waals surface area (Å²) in [6, 6.07) is 0. The van der Waals surface area contributed by atoms with Gasteiger partial charge in [0.15, 0.2) is 17.7 Å². The number of anilines is 1. The van der Waals surface area contributed by atoms with Crippen LogP contribution in [-0.4, -0.2) is 77.7 Å². The molecule has 3 rings (SSSR count). The van der Waals surface area contributed by atoms with E-state index >= 15 is 0 Å². The molecule has 0 aliphatic carbocycles. The van der Waals surface area contributed by atoms with E-state index in [0.717, 1.165) is 0 Å². The largest absolute Gasteiger partial charge is 2.00 e. The van der Waals surface area contributed by atoms with E-state index in [0.29, 0.717) is 0 Å². The third kappa shape index (κ3) is 3.69. The van der Waals surface area contributed by atoms with Crippen LogP contribution in [0.15, 0.2) is 12.7 Å². The standard InChI is InChI=1S/C10H14N5O7P.Mg/c11-8-5-9(13-2-12-8)15(3-14-5)10-7(17)6(16)4(22-10)1-21-23(18,19)20;/h2-4,6-7,10,16-17H,1H2,(H2,11,12,13)(H2,18,19,20);/q;+2/p-2/t4-,6-,7-,10-;/m1./s1. The van der Waals surface area contributed by atoms with Gasteiger partial charge in [0, 0.05) is 0 Å². The summed E-state index contributed by atoms with van der Waals surface area (Å²) < 4.78 is 21.3. The van der Waals surface area contributed by atoms with Gasteiger partial charge in [-0.15, -0.1) is 0 Å². The summed E-state index contributed by atoms with van der Waals surface area (Å²) in [7, 11) is -5.22. The molecule has 4 atom stereocenters. The van der Waals surface area contributed by atoms with Crippen LogP contribution in [0.4, 0.5) is 5.82 Å². The van der Waals surface area contributed by atoms with Crippen molar-refractivity contribution < 1.29 is 33.8 Å². The van der Waals surface area contributed by atoms with Crippen molar-refractivity contribution in [3.8, 4) is 0 Å². The first kappa shape index (κ1) is 19.4. The van der Waals surface area contributed by atoms with Gasteiger partial charge in [0.2, 0.25) is 0 Å². The van der Waals surface area contributed by atoms with Crippen LogP contribution in [0.3, 0.4) is 0 Å². The number of rotatable bonds is 4. The molecule has 14 heteroatoms. The number of phosphoric ester groups is 1. The van der Waals surface area contributed by atoms with E-state index in [1.165, 1.54) is 17.2 Å². The SMILES string of the molecule is Nc1ncnc2c1ncn2[C@@H]1O[C@H](COP(=O)([O-])[O-])[C@@H](O)[C@H]1O.[Mg+2]. The molecular formula is C10H12MgN5O7P. The molecule has 3 heterocycles. The minimum atomic E-state index is -5.22. The van der Waals surface area contributed by atoms with E-state index in [4.69, 9.17) is 10.5 Å². The third-order valence-corrected chi connectivity index (χ3v) is 3.86. The van der Waals surface area contributed by atoms with Crippen LogP contribution in [0.2, 0.25) is 0 Å². The quantitative estimate of drug-likeness (QED) is 0.357. The fraction of sp³-hybridized carbons (Fsp3) is 0.500. The monoisotopic (exact) mass is 369 g/mol. The van der Waals surface area contributed by atoms with Crippen molar-refractivity contribution in [2.24, 2.45) is 0 Å². The first-order chi connectivity index (χ1) is 10.8. The normalized spacial score (nSPS) is 27.3. The number of imidazole rings is 1. The predicted octanol–water partition coefficient (Wildman–Crippen LogP) is -3.51. The van der Waals surface area contributed by atoms with Gasteiger partial charge in [0.25, 0.3) is 0 Å². The van der Waals surface area contributed by atoms with Crippen molar-refractivity contribution in [1.29, 1.82) is 0 Å². The van der Waals surface area contributed by atoms with Crippen LogP contribution in [0.5, 0.6) is 0 Å². The summed E-state index contributed by atoms with van der Waals surface area (Å²) in [5.41, 5.74) is 6.19. The van der Waals surface area contributed by atoms with E-state index in [9.17, 15) is 24.6 Å². The van der Waals surface area contributed by atoms with Crippen molar-refractivity contribution in [2.75, 3.05) is 12.3 Å². The van der Waals surface area contributed by atoms with Gasteiger partial charge in [-0.3, -0.25) is 4.57 Å². The Hall–Kier alpha value is -0.894. The van der Waals surface area contributed by atoms with Crippen LogP contribution >= 0.6 is 7.82 Å². The van der Waals surface area contributed by atoms with Gasteiger partial charge in [-0.1, -0.05) is 0 Å². The molecule has 2 aromatic heterocycles. The fourth-order valence-corrected chi connectivity index (χ4v) is 2.65. The Morgan fingerprint density at radius 3 is 2.71 bits per heavy atom. The molecule has 0 aromatic carbocycles. The molecule has 24 heavy (non-hydrogen) atoms. The number of hydrogen-bond donors (Lipinski definition) is 3. The van der Waals surface area contributed by atoms with Crippen molar-refractivity contribution in [3.05, 3.63) is 12.7 Å². The van der Waals surface area contributed by atoms with Crippen molar-refractivity contribution in [1.82, 2.24) is 19.5 Å². The summed E-state index contributed by atoms with van der Waals surface area (Å²) in [5, 5.41) is 20.0. The predicted molar refractivity (Wildman–Crippen MR) is 75.0 cm³/mol. The number of nitrogen functional groups attached to an aromatic ring is 1. The van der Waals surface area contributed by atoms with Gasteiger partial charge < -0.3 is 39.6 Å². The van der Waals surface area contributed by atoms with Crippen LogP contribution in [0.1, 0.15) is 6.23 Å². The first-order valence-electron chi connectivity index (χ1n) is 6.39. The summed E-state index contributed by atoms with van der Waals surface area (Å²) >= 11 is 0. The molecule has 0 unspecified atom stereocenters. The van der Waals surface area contributed by atoms with E-state index < -0.39 is 39.0 Å². The Labute approximate surface area is 151 Å². The third-order valence-electron chi connectivity index (χ3n) is 3.40. The van der Waals surface area contributed by atoms with Gasteiger partial charge in [-0.05, 0) is 0 Å². The molecule has 1 aliphatic heterocycles. The minimum absolute atomic E-state index is 0. The second kappa shape index (κ2) is 7.15. The van der Waals surface area contributed by atoms with Gasteiger partial charge >= 0.3 is 23.1 Å². The van der Waals surface area contributed by atoms with Gasteiger partial charge in [-0.2, -0.15) is 0 Å². The Morgan fingerprint density at radius 1 is 1.33 bits per heavy atom. The Morgan fingerprint density at radius 2 is 2.04 bits per heavy atom. The maximum atomic E-state index is 10.5. The number of aromatic nitrogens is 4. The molecule has 0 spiro atoms. The summed E-state index contributed by atoms with van der Waals surface area (Å²) in [5.74, 6) is 0.125. The Balaban J connectivity index is 0.00000208. The first-order valence-corrected chi connectivity index (χ1v) is 7.85. The zero-order valence-corrected chi connectivity index (χ0v) is 14.4. The van der Waals surface area contributed by atoms with Crippen LogP contribution in [0, 0.1) is 0 Å². The van der Waals surface area contributed by atoms with Crippen molar-refractivity contribution in [2.45, 2.75) is 24.5 Å². The summed E-state index contributed by atoms with van der Waals surface area (Å²) in [4.78, 5) is 32.8. The van der Waals surface area contributed by atoms with Crippen molar-refractivity contribution in [3.63, 3.8) is 0 Å². The van der Waals surface area contributed by atoms with E-state index in [1.807, 2.05) is 0 Å². The zero-order valence-electron chi connectivity index (χ0n) is 12.1. The number of hydrogen-bond acceptors (Lipinski definition) is 11. The Bertz CT molecular complexity index is 769. The summed E-state index contributed by atoms with van der Waals surface area (Å²) in [6.45, 7) is -0.719. The topological polar surface area (TPSA) is 192 Å². The smallest absolute Gasteiger partial charge is 0.790 e. The molecule has 0 saturated carbocycles. The minimum Gasteiger partial charge on any atom is -0.790 e. The molecule has 4 N–H and O–H groups in total. The molecule has 2 aromatic rings. The number of aliphatic hydroxyl groups is 2. The molecular weight excluding hydrogens is 357 g/mol. The number of nitrogens with two attached hydrogens (primary N) is 1. The Kier molecular flexibility index (Phi) is 5.79. The number of aliphatic hydroxyl groups excluding tert-OH is 2. The molecule has 1 saturated heterocycles. The second-order valence-electron chi connectivity index (χ2n) is 4.87. The fourth-order valence-electron chi connectivity index (χ4n) is 2.32.